The van der Waals surface area contributed by atoms with Gasteiger partial charge in [0, 0.05) is 16.7 Å². The van der Waals surface area contributed by atoms with Crippen molar-refractivity contribution < 1.29 is 9.15 Å². The number of nitrogens with zero attached hydrogens (tertiary/aromatic N) is 1. The molecule has 0 radical (unpaired) electrons. The van der Waals surface area contributed by atoms with Crippen LogP contribution in [0.5, 0.6) is 5.75 Å². The molecule has 0 fully saturated rings. The zero-order chi connectivity index (χ0) is 22.2. The van der Waals surface area contributed by atoms with Crippen LogP contribution in [0.25, 0.3) is 44.8 Å². The van der Waals surface area contributed by atoms with Gasteiger partial charge in [-0.15, -0.1) is 0 Å². The standard InChI is InChI=1S/C29H25NO2/c1-18-14-19(2)27(20(3)15-18)22-16-24(23-12-8-9-13-26(23)31-4)28-25(17-22)30-29(32-28)21-10-6-5-7-11-21/h5-17H,1-4H3. The summed E-state index contributed by atoms with van der Waals surface area (Å²) < 4.78 is 12.0. The van der Waals surface area contributed by atoms with Gasteiger partial charge in [-0.25, -0.2) is 4.98 Å². The van der Waals surface area contributed by atoms with Crippen molar-refractivity contribution in [2.24, 2.45) is 0 Å². The van der Waals surface area contributed by atoms with E-state index in [1.807, 2.05) is 48.5 Å². The summed E-state index contributed by atoms with van der Waals surface area (Å²) >= 11 is 0. The molecule has 0 unspecified atom stereocenters. The highest BCUT2D eigenvalue weighted by molar-refractivity contribution is 5.97. The first-order chi connectivity index (χ1) is 15.5. The number of ether oxygens (including phenoxy) is 1. The van der Waals surface area contributed by atoms with E-state index in [4.69, 9.17) is 14.1 Å². The Bertz CT molecular complexity index is 1410. The Morgan fingerprint density at radius 2 is 1.41 bits per heavy atom. The van der Waals surface area contributed by atoms with Crippen LogP contribution in [0.15, 0.2) is 83.3 Å². The van der Waals surface area contributed by atoms with Crippen LogP contribution in [0.1, 0.15) is 16.7 Å². The summed E-state index contributed by atoms with van der Waals surface area (Å²) in [6.07, 6.45) is 0. The monoisotopic (exact) mass is 419 g/mol. The van der Waals surface area contributed by atoms with Crippen LogP contribution in [-0.4, -0.2) is 12.1 Å². The van der Waals surface area contributed by atoms with Crippen molar-refractivity contribution in [3.63, 3.8) is 0 Å². The molecule has 5 rings (SSSR count). The molecule has 0 saturated heterocycles. The van der Waals surface area contributed by atoms with Gasteiger partial charge in [-0.05, 0) is 73.4 Å². The number of aromatic nitrogens is 1. The molecular formula is C29H25NO2. The largest absolute Gasteiger partial charge is 0.496 e. The third kappa shape index (κ3) is 3.46. The summed E-state index contributed by atoms with van der Waals surface area (Å²) in [4.78, 5) is 4.88. The summed E-state index contributed by atoms with van der Waals surface area (Å²) in [7, 11) is 1.70. The minimum absolute atomic E-state index is 0.617. The predicted octanol–water partition coefficient (Wildman–Crippen LogP) is 7.76. The van der Waals surface area contributed by atoms with Crippen LogP contribution in [0.4, 0.5) is 0 Å². The second-order valence-electron chi connectivity index (χ2n) is 8.23. The fraction of sp³-hybridized carbons (Fsp3) is 0.138. The van der Waals surface area contributed by atoms with Crippen molar-refractivity contribution in [2.75, 3.05) is 7.11 Å². The van der Waals surface area contributed by atoms with Crippen LogP contribution in [-0.2, 0) is 0 Å². The number of rotatable bonds is 4. The molecule has 32 heavy (non-hydrogen) atoms. The highest BCUT2D eigenvalue weighted by atomic mass is 16.5. The molecule has 3 heteroatoms. The molecule has 1 aromatic heterocycles. The minimum atomic E-state index is 0.617. The molecule has 5 aromatic rings. The second kappa shape index (κ2) is 8.01. The van der Waals surface area contributed by atoms with E-state index >= 15 is 0 Å². The number of oxazole rings is 1. The van der Waals surface area contributed by atoms with Crippen molar-refractivity contribution in [1.29, 1.82) is 0 Å². The molecule has 0 spiro atoms. The molecule has 0 amide bonds. The number of methoxy groups -OCH3 is 1. The number of aryl methyl sites for hydroxylation is 3. The van der Waals surface area contributed by atoms with Gasteiger partial charge in [-0.1, -0.05) is 54.1 Å². The molecule has 3 nitrogen and oxygen atoms in total. The van der Waals surface area contributed by atoms with E-state index in [-0.39, 0.29) is 0 Å². The summed E-state index contributed by atoms with van der Waals surface area (Å²) in [5.41, 5.74) is 10.6. The van der Waals surface area contributed by atoms with Crippen molar-refractivity contribution >= 4 is 11.1 Å². The molecular weight excluding hydrogens is 394 g/mol. The third-order valence-electron chi connectivity index (χ3n) is 5.87. The normalized spacial score (nSPS) is 11.1. The van der Waals surface area contributed by atoms with Crippen LogP contribution < -0.4 is 4.74 Å². The molecule has 158 valence electrons. The SMILES string of the molecule is COc1ccccc1-c1cc(-c2c(C)cc(C)cc2C)cc2nc(-c3ccccc3)oc12. The molecule has 4 aromatic carbocycles. The van der Waals surface area contributed by atoms with Gasteiger partial charge in [0.15, 0.2) is 5.58 Å². The first-order valence-electron chi connectivity index (χ1n) is 10.8. The molecule has 0 atom stereocenters. The minimum Gasteiger partial charge on any atom is -0.496 e. The van der Waals surface area contributed by atoms with E-state index in [9.17, 15) is 0 Å². The summed E-state index contributed by atoms with van der Waals surface area (Å²) in [6, 6.07) is 26.9. The number of para-hydroxylation sites is 1. The number of hydrogen-bond acceptors (Lipinski definition) is 3. The maximum Gasteiger partial charge on any atom is 0.227 e. The topological polar surface area (TPSA) is 35.3 Å². The van der Waals surface area contributed by atoms with E-state index in [1.165, 1.54) is 22.3 Å². The lowest BCUT2D eigenvalue weighted by Gasteiger charge is -2.14. The Hall–Kier alpha value is -3.85. The van der Waals surface area contributed by atoms with Crippen LogP contribution in [0.3, 0.4) is 0 Å². The zero-order valence-corrected chi connectivity index (χ0v) is 18.8. The molecule has 0 N–H and O–H groups in total. The Morgan fingerprint density at radius 3 is 2.12 bits per heavy atom. The predicted molar refractivity (Wildman–Crippen MR) is 131 cm³/mol. The smallest absolute Gasteiger partial charge is 0.227 e. The molecule has 0 aliphatic rings. The molecule has 0 aliphatic carbocycles. The first kappa shape index (κ1) is 20.1. The second-order valence-corrected chi connectivity index (χ2v) is 8.23. The Balaban J connectivity index is 1.83. The van der Waals surface area contributed by atoms with Crippen molar-refractivity contribution in [3.05, 3.63) is 95.6 Å². The van der Waals surface area contributed by atoms with Gasteiger partial charge in [-0.3, -0.25) is 0 Å². The third-order valence-corrected chi connectivity index (χ3v) is 5.87. The average molecular weight is 420 g/mol. The number of hydrogen-bond donors (Lipinski definition) is 0. The van der Waals surface area contributed by atoms with Crippen molar-refractivity contribution in [2.45, 2.75) is 20.8 Å². The van der Waals surface area contributed by atoms with Gasteiger partial charge in [0.25, 0.3) is 0 Å². The Morgan fingerprint density at radius 1 is 0.719 bits per heavy atom. The van der Waals surface area contributed by atoms with Crippen LogP contribution in [0, 0.1) is 20.8 Å². The molecule has 0 aliphatic heterocycles. The highest BCUT2D eigenvalue weighted by Gasteiger charge is 2.19. The molecule has 0 bridgehead atoms. The lowest BCUT2D eigenvalue weighted by Crippen LogP contribution is -1.93. The fourth-order valence-electron chi connectivity index (χ4n) is 4.58. The van der Waals surface area contributed by atoms with Crippen molar-refractivity contribution in [3.8, 4) is 39.5 Å². The van der Waals surface area contributed by atoms with Crippen LogP contribution in [0.2, 0.25) is 0 Å². The number of benzene rings is 4. The number of fused-ring (bicyclic) bond motifs is 1. The van der Waals surface area contributed by atoms with Crippen molar-refractivity contribution in [1.82, 2.24) is 4.98 Å². The van der Waals surface area contributed by atoms with E-state index in [0.29, 0.717) is 5.89 Å². The lowest BCUT2D eigenvalue weighted by atomic mass is 9.91. The summed E-state index contributed by atoms with van der Waals surface area (Å²) in [5, 5.41) is 0. The van der Waals surface area contributed by atoms with Gasteiger partial charge < -0.3 is 9.15 Å². The van der Waals surface area contributed by atoms with E-state index in [2.05, 4.69) is 51.1 Å². The van der Waals surface area contributed by atoms with E-state index < -0.39 is 0 Å². The molecule has 1 heterocycles. The van der Waals surface area contributed by atoms with Gasteiger partial charge >= 0.3 is 0 Å². The summed E-state index contributed by atoms with van der Waals surface area (Å²) in [6.45, 7) is 6.47. The van der Waals surface area contributed by atoms with Gasteiger partial charge in [0.05, 0.1) is 7.11 Å². The Kier molecular flexibility index (Phi) is 5.02. The average Bonchev–Trinajstić information content (AvgIpc) is 3.23. The molecule has 0 saturated carbocycles. The van der Waals surface area contributed by atoms with E-state index in [1.54, 1.807) is 7.11 Å². The highest BCUT2D eigenvalue weighted by Crippen LogP contribution is 2.41. The van der Waals surface area contributed by atoms with Gasteiger partial charge in [-0.2, -0.15) is 0 Å². The fourth-order valence-corrected chi connectivity index (χ4v) is 4.58. The first-order valence-corrected chi connectivity index (χ1v) is 10.8. The van der Waals surface area contributed by atoms with Gasteiger partial charge in [0.2, 0.25) is 5.89 Å². The lowest BCUT2D eigenvalue weighted by molar-refractivity contribution is 0.416. The van der Waals surface area contributed by atoms with Gasteiger partial charge in [0.1, 0.15) is 11.3 Å². The van der Waals surface area contributed by atoms with Crippen LogP contribution >= 0.6 is 0 Å². The zero-order valence-electron chi connectivity index (χ0n) is 18.8. The maximum atomic E-state index is 6.34. The van der Waals surface area contributed by atoms with E-state index in [0.717, 1.165) is 39.1 Å². The maximum absolute atomic E-state index is 6.34. The Labute approximate surface area is 188 Å². The summed E-state index contributed by atoms with van der Waals surface area (Å²) in [5.74, 6) is 1.42. The quantitative estimate of drug-likeness (QED) is 0.298.